The van der Waals surface area contributed by atoms with Gasteiger partial charge in [0.05, 0.1) is 13.7 Å². The van der Waals surface area contributed by atoms with E-state index in [2.05, 4.69) is 17.4 Å². The molecular formula is C15H23NO3. The molecule has 1 aliphatic heterocycles. The molecule has 1 aromatic carbocycles. The maximum absolute atomic E-state index is 9.04. The zero-order valence-electron chi connectivity index (χ0n) is 11.5. The Kier molecular flexibility index (Phi) is 5.63. The number of rotatable bonds is 6. The van der Waals surface area contributed by atoms with E-state index in [0.29, 0.717) is 12.5 Å². The van der Waals surface area contributed by atoms with Crippen LogP contribution in [-0.4, -0.2) is 38.6 Å². The molecule has 0 bridgehead atoms. The highest BCUT2D eigenvalue weighted by Crippen LogP contribution is 2.30. The normalized spacial score (nSPS) is 18.2. The van der Waals surface area contributed by atoms with Gasteiger partial charge in [-0.15, -0.1) is 0 Å². The Morgan fingerprint density at radius 1 is 1.32 bits per heavy atom. The molecule has 2 rings (SSSR count). The molecule has 0 spiro atoms. The first kappa shape index (κ1) is 14.3. The molecule has 4 heteroatoms. The third-order valence-electron chi connectivity index (χ3n) is 3.69. The highest BCUT2D eigenvalue weighted by Gasteiger charge is 2.24. The Morgan fingerprint density at radius 3 is 2.58 bits per heavy atom. The lowest BCUT2D eigenvalue weighted by Crippen LogP contribution is -2.33. The van der Waals surface area contributed by atoms with E-state index in [4.69, 9.17) is 14.6 Å². The first-order valence-corrected chi connectivity index (χ1v) is 6.91. The molecule has 1 atom stereocenters. The van der Waals surface area contributed by atoms with E-state index in [-0.39, 0.29) is 12.6 Å². The van der Waals surface area contributed by atoms with Gasteiger partial charge in [-0.2, -0.15) is 0 Å². The summed E-state index contributed by atoms with van der Waals surface area (Å²) in [6.07, 6.45) is 2.13. The van der Waals surface area contributed by atoms with Crippen LogP contribution in [-0.2, 0) is 4.74 Å². The Morgan fingerprint density at radius 2 is 2.00 bits per heavy atom. The van der Waals surface area contributed by atoms with Crippen LogP contribution in [0.2, 0.25) is 0 Å². The second kappa shape index (κ2) is 7.48. The first-order valence-electron chi connectivity index (χ1n) is 6.91. The van der Waals surface area contributed by atoms with Crippen LogP contribution in [0, 0.1) is 5.92 Å². The van der Waals surface area contributed by atoms with Crippen LogP contribution in [0.3, 0.4) is 0 Å². The highest BCUT2D eigenvalue weighted by atomic mass is 16.5. The van der Waals surface area contributed by atoms with Crippen molar-refractivity contribution in [1.29, 1.82) is 0 Å². The lowest BCUT2D eigenvalue weighted by Gasteiger charge is -2.31. The Bertz CT molecular complexity index is 360. The van der Waals surface area contributed by atoms with E-state index in [1.807, 2.05) is 12.1 Å². The molecule has 1 unspecified atom stereocenters. The Hall–Kier alpha value is -1.10. The van der Waals surface area contributed by atoms with Gasteiger partial charge in [-0.05, 0) is 36.5 Å². The fraction of sp³-hybridized carbons (Fsp3) is 0.600. The molecule has 4 nitrogen and oxygen atoms in total. The van der Waals surface area contributed by atoms with E-state index in [1.165, 1.54) is 5.56 Å². The van der Waals surface area contributed by atoms with Crippen molar-refractivity contribution in [3.05, 3.63) is 29.8 Å². The predicted octanol–water partition coefficient (Wildman–Crippen LogP) is 1.74. The van der Waals surface area contributed by atoms with Crippen LogP contribution in [0.1, 0.15) is 24.4 Å². The largest absolute Gasteiger partial charge is 0.497 e. The van der Waals surface area contributed by atoms with Gasteiger partial charge in [0, 0.05) is 25.8 Å². The van der Waals surface area contributed by atoms with E-state index in [0.717, 1.165) is 31.8 Å². The van der Waals surface area contributed by atoms with Gasteiger partial charge in [-0.1, -0.05) is 12.1 Å². The summed E-state index contributed by atoms with van der Waals surface area (Å²) in [6, 6.07) is 8.46. The van der Waals surface area contributed by atoms with Crippen molar-refractivity contribution in [2.75, 3.05) is 33.5 Å². The smallest absolute Gasteiger partial charge is 0.118 e. The molecule has 0 radical (unpaired) electrons. The maximum atomic E-state index is 9.04. The van der Waals surface area contributed by atoms with Gasteiger partial charge in [-0.3, -0.25) is 0 Å². The number of aliphatic hydroxyl groups is 1. The van der Waals surface area contributed by atoms with Gasteiger partial charge in [-0.25, -0.2) is 0 Å². The minimum absolute atomic E-state index is 0.163. The molecule has 2 N–H and O–H groups in total. The van der Waals surface area contributed by atoms with Crippen molar-refractivity contribution in [3.63, 3.8) is 0 Å². The monoisotopic (exact) mass is 265 g/mol. The Balaban J connectivity index is 2.10. The van der Waals surface area contributed by atoms with Gasteiger partial charge >= 0.3 is 0 Å². The SMILES string of the molecule is COc1ccc(C(NCCO)C2CCOCC2)cc1. The van der Waals surface area contributed by atoms with Crippen LogP contribution in [0.25, 0.3) is 0 Å². The average molecular weight is 265 g/mol. The van der Waals surface area contributed by atoms with Gasteiger partial charge in [0.15, 0.2) is 0 Å². The van der Waals surface area contributed by atoms with Crippen LogP contribution >= 0.6 is 0 Å². The summed E-state index contributed by atoms with van der Waals surface area (Å²) < 4.78 is 10.6. The number of nitrogens with one attached hydrogen (secondary N) is 1. The predicted molar refractivity (Wildman–Crippen MR) is 74.4 cm³/mol. The summed E-state index contributed by atoms with van der Waals surface area (Å²) in [5.74, 6) is 1.44. The molecule has 0 aromatic heterocycles. The van der Waals surface area contributed by atoms with Crippen LogP contribution in [0.4, 0.5) is 0 Å². The summed E-state index contributed by atoms with van der Waals surface area (Å²) in [7, 11) is 1.68. The van der Waals surface area contributed by atoms with E-state index in [9.17, 15) is 0 Å². The highest BCUT2D eigenvalue weighted by molar-refractivity contribution is 5.29. The second-order valence-electron chi connectivity index (χ2n) is 4.88. The summed E-state index contributed by atoms with van der Waals surface area (Å²) in [4.78, 5) is 0. The van der Waals surface area contributed by atoms with Gasteiger partial charge < -0.3 is 19.9 Å². The topological polar surface area (TPSA) is 50.7 Å². The van der Waals surface area contributed by atoms with Crippen molar-refractivity contribution in [3.8, 4) is 5.75 Å². The molecule has 1 heterocycles. The van der Waals surface area contributed by atoms with Crippen molar-refractivity contribution >= 4 is 0 Å². The third-order valence-corrected chi connectivity index (χ3v) is 3.69. The molecule has 1 fully saturated rings. The fourth-order valence-electron chi connectivity index (χ4n) is 2.64. The van der Waals surface area contributed by atoms with E-state index >= 15 is 0 Å². The summed E-state index contributed by atoms with van der Waals surface area (Å²) in [5, 5.41) is 12.5. The molecule has 1 aromatic rings. The Labute approximate surface area is 114 Å². The van der Waals surface area contributed by atoms with Crippen LogP contribution in [0.15, 0.2) is 24.3 Å². The molecule has 1 saturated heterocycles. The average Bonchev–Trinajstić information content (AvgIpc) is 2.49. The standard InChI is InChI=1S/C15H23NO3/c1-18-14-4-2-12(3-5-14)15(16-8-9-17)13-6-10-19-11-7-13/h2-5,13,15-17H,6-11H2,1H3. The van der Waals surface area contributed by atoms with Crippen molar-refractivity contribution in [2.45, 2.75) is 18.9 Å². The summed E-state index contributed by atoms with van der Waals surface area (Å²) in [6.45, 7) is 2.44. The summed E-state index contributed by atoms with van der Waals surface area (Å²) >= 11 is 0. The molecule has 0 amide bonds. The molecule has 0 aliphatic carbocycles. The number of ether oxygens (including phenoxy) is 2. The van der Waals surface area contributed by atoms with Crippen molar-refractivity contribution in [1.82, 2.24) is 5.32 Å². The van der Waals surface area contributed by atoms with Crippen molar-refractivity contribution < 1.29 is 14.6 Å². The molecule has 0 saturated carbocycles. The van der Waals surface area contributed by atoms with Gasteiger partial charge in [0.2, 0.25) is 0 Å². The number of aliphatic hydroxyl groups excluding tert-OH is 1. The molecule has 106 valence electrons. The molecular weight excluding hydrogens is 242 g/mol. The third kappa shape index (κ3) is 3.93. The number of hydrogen-bond donors (Lipinski definition) is 2. The zero-order chi connectivity index (χ0) is 13.5. The van der Waals surface area contributed by atoms with Gasteiger partial charge in [0.1, 0.15) is 5.75 Å². The van der Waals surface area contributed by atoms with Crippen LogP contribution in [0.5, 0.6) is 5.75 Å². The van der Waals surface area contributed by atoms with Crippen molar-refractivity contribution in [2.24, 2.45) is 5.92 Å². The number of benzene rings is 1. The zero-order valence-corrected chi connectivity index (χ0v) is 11.5. The fourth-order valence-corrected chi connectivity index (χ4v) is 2.64. The summed E-state index contributed by atoms with van der Waals surface area (Å²) in [5.41, 5.74) is 1.25. The number of hydrogen-bond acceptors (Lipinski definition) is 4. The second-order valence-corrected chi connectivity index (χ2v) is 4.88. The maximum Gasteiger partial charge on any atom is 0.118 e. The first-order chi connectivity index (χ1) is 9.35. The van der Waals surface area contributed by atoms with E-state index < -0.39 is 0 Å². The van der Waals surface area contributed by atoms with E-state index in [1.54, 1.807) is 7.11 Å². The molecule has 1 aliphatic rings. The minimum Gasteiger partial charge on any atom is -0.497 e. The quantitative estimate of drug-likeness (QED) is 0.822. The molecule has 19 heavy (non-hydrogen) atoms. The van der Waals surface area contributed by atoms with Gasteiger partial charge in [0.25, 0.3) is 0 Å². The van der Waals surface area contributed by atoms with Crippen LogP contribution < -0.4 is 10.1 Å². The lowest BCUT2D eigenvalue weighted by atomic mass is 9.87. The number of methoxy groups -OCH3 is 1. The lowest BCUT2D eigenvalue weighted by molar-refractivity contribution is 0.0529. The minimum atomic E-state index is 0.163.